The van der Waals surface area contributed by atoms with Gasteiger partial charge in [-0.3, -0.25) is 4.79 Å². The van der Waals surface area contributed by atoms with Crippen LogP contribution < -0.4 is 0 Å². The molecular formula is C13H27O2P. The van der Waals surface area contributed by atoms with Crippen molar-refractivity contribution in [1.29, 1.82) is 0 Å². The molecule has 0 fully saturated rings. The molecule has 0 aliphatic rings. The summed E-state index contributed by atoms with van der Waals surface area (Å²) in [6, 6.07) is 0. The van der Waals surface area contributed by atoms with E-state index >= 15 is 0 Å². The van der Waals surface area contributed by atoms with E-state index < -0.39 is 0 Å². The van der Waals surface area contributed by atoms with Crippen LogP contribution in [0.25, 0.3) is 0 Å². The summed E-state index contributed by atoms with van der Waals surface area (Å²) in [6.45, 7) is 12.6. The molecule has 0 spiro atoms. The molecule has 0 heterocycles. The maximum absolute atomic E-state index is 10.9. The zero-order chi connectivity index (χ0) is 12.7. The average Bonchev–Trinajstić information content (AvgIpc) is 1.97. The first-order chi connectivity index (χ1) is 7.31. The SMILES string of the molecule is CC(=O)OC(C)CP(CC(C)C)CC(C)C. The molecule has 1 atom stereocenters. The van der Waals surface area contributed by atoms with Gasteiger partial charge in [-0.25, -0.2) is 0 Å². The maximum Gasteiger partial charge on any atom is 0.302 e. The minimum Gasteiger partial charge on any atom is -0.462 e. The predicted molar refractivity (Wildman–Crippen MR) is 72.4 cm³/mol. The number of hydrogen-bond acceptors (Lipinski definition) is 2. The van der Waals surface area contributed by atoms with E-state index in [1.165, 1.54) is 19.2 Å². The second kappa shape index (κ2) is 8.06. The van der Waals surface area contributed by atoms with Crippen LogP contribution in [0.15, 0.2) is 0 Å². The lowest BCUT2D eigenvalue weighted by molar-refractivity contribution is -0.144. The van der Waals surface area contributed by atoms with Crippen LogP contribution in [0.3, 0.4) is 0 Å². The molecule has 16 heavy (non-hydrogen) atoms. The molecular weight excluding hydrogens is 219 g/mol. The standard InChI is InChI=1S/C13H27O2P/c1-10(2)7-16(8-11(3)4)9-12(5)15-13(6)14/h10-12H,7-9H2,1-6H3. The van der Waals surface area contributed by atoms with E-state index in [1.807, 2.05) is 6.92 Å². The minimum absolute atomic E-state index is 0.0132. The predicted octanol–water partition coefficient (Wildman–Crippen LogP) is 3.73. The highest BCUT2D eigenvalue weighted by molar-refractivity contribution is 7.57. The summed E-state index contributed by atoms with van der Waals surface area (Å²) < 4.78 is 5.22. The van der Waals surface area contributed by atoms with E-state index in [-0.39, 0.29) is 20.0 Å². The molecule has 0 aromatic carbocycles. The van der Waals surface area contributed by atoms with E-state index in [4.69, 9.17) is 4.74 Å². The highest BCUT2D eigenvalue weighted by Gasteiger charge is 2.17. The molecule has 0 bridgehead atoms. The first-order valence-electron chi connectivity index (χ1n) is 6.20. The number of hydrogen-bond donors (Lipinski definition) is 0. The van der Waals surface area contributed by atoms with Crippen molar-refractivity contribution in [2.24, 2.45) is 11.8 Å². The molecule has 0 aliphatic heterocycles. The Balaban J connectivity index is 4.13. The van der Waals surface area contributed by atoms with Crippen molar-refractivity contribution >= 4 is 13.9 Å². The molecule has 0 aliphatic carbocycles. The summed E-state index contributed by atoms with van der Waals surface area (Å²) in [5, 5.41) is 0. The fourth-order valence-corrected chi connectivity index (χ4v) is 5.26. The highest BCUT2D eigenvalue weighted by atomic mass is 31.1. The Morgan fingerprint density at radius 1 is 1.00 bits per heavy atom. The molecule has 0 saturated carbocycles. The van der Waals surface area contributed by atoms with Gasteiger partial charge in [-0.1, -0.05) is 27.7 Å². The first kappa shape index (κ1) is 15.9. The van der Waals surface area contributed by atoms with Crippen LogP contribution in [0.1, 0.15) is 41.5 Å². The quantitative estimate of drug-likeness (QED) is 0.505. The lowest BCUT2D eigenvalue weighted by Gasteiger charge is -2.24. The lowest BCUT2D eigenvalue weighted by Crippen LogP contribution is -2.18. The molecule has 1 unspecified atom stereocenters. The molecule has 0 saturated heterocycles. The highest BCUT2D eigenvalue weighted by Crippen LogP contribution is 2.40. The maximum atomic E-state index is 10.9. The summed E-state index contributed by atoms with van der Waals surface area (Å²) in [7, 11) is 0.0132. The third-order valence-electron chi connectivity index (χ3n) is 2.13. The molecule has 0 radical (unpaired) electrons. The molecule has 0 aromatic rings. The fraction of sp³-hybridized carbons (Fsp3) is 0.923. The van der Waals surface area contributed by atoms with Crippen LogP contribution in [0, 0.1) is 11.8 Å². The topological polar surface area (TPSA) is 26.3 Å². The van der Waals surface area contributed by atoms with Crippen molar-refractivity contribution in [2.75, 3.05) is 18.5 Å². The fourth-order valence-electron chi connectivity index (χ4n) is 1.94. The molecule has 0 rings (SSSR count). The van der Waals surface area contributed by atoms with Crippen LogP contribution in [-0.4, -0.2) is 30.6 Å². The van der Waals surface area contributed by atoms with E-state index in [0.717, 1.165) is 18.0 Å². The molecule has 0 N–H and O–H groups in total. The van der Waals surface area contributed by atoms with Crippen LogP contribution in [0.5, 0.6) is 0 Å². The van der Waals surface area contributed by atoms with Gasteiger partial charge in [0.05, 0.1) is 0 Å². The number of esters is 1. The monoisotopic (exact) mass is 246 g/mol. The van der Waals surface area contributed by atoms with Gasteiger partial charge < -0.3 is 4.74 Å². The first-order valence-corrected chi connectivity index (χ1v) is 8.10. The van der Waals surface area contributed by atoms with Crippen molar-refractivity contribution < 1.29 is 9.53 Å². The third kappa shape index (κ3) is 9.15. The van der Waals surface area contributed by atoms with Gasteiger partial charge >= 0.3 is 5.97 Å². The van der Waals surface area contributed by atoms with Crippen molar-refractivity contribution in [3.05, 3.63) is 0 Å². The van der Waals surface area contributed by atoms with Crippen LogP contribution in [0.4, 0.5) is 0 Å². The van der Waals surface area contributed by atoms with E-state index in [0.29, 0.717) is 0 Å². The summed E-state index contributed by atoms with van der Waals surface area (Å²) in [5.74, 6) is 1.33. The largest absolute Gasteiger partial charge is 0.462 e. The van der Waals surface area contributed by atoms with Gasteiger partial charge in [0.2, 0.25) is 0 Å². The summed E-state index contributed by atoms with van der Waals surface area (Å²) in [4.78, 5) is 10.9. The van der Waals surface area contributed by atoms with Crippen LogP contribution in [-0.2, 0) is 9.53 Å². The lowest BCUT2D eigenvalue weighted by atomic mass is 10.3. The number of ether oxygens (including phenoxy) is 1. The van der Waals surface area contributed by atoms with Crippen molar-refractivity contribution in [1.82, 2.24) is 0 Å². The minimum atomic E-state index is -0.156. The van der Waals surface area contributed by atoms with E-state index in [1.54, 1.807) is 0 Å². The molecule has 3 heteroatoms. The summed E-state index contributed by atoms with van der Waals surface area (Å²) >= 11 is 0. The molecule has 0 aromatic heterocycles. The molecule has 2 nitrogen and oxygen atoms in total. The van der Waals surface area contributed by atoms with Gasteiger partial charge in [0, 0.05) is 13.1 Å². The molecule has 96 valence electrons. The van der Waals surface area contributed by atoms with Gasteiger partial charge in [0.1, 0.15) is 6.10 Å². The van der Waals surface area contributed by atoms with E-state index in [2.05, 4.69) is 27.7 Å². The van der Waals surface area contributed by atoms with Gasteiger partial charge in [0.25, 0.3) is 0 Å². The van der Waals surface area contributed by atoms with Crippen molar-refractivity contribution in [3.8, 4) is 0 Å². The second-order valence-electron chi connectivity index (χ2n) is 5.43. The smallest absolute Gasteiger partial charge is 0.302 e. The number of rotatable bonds is 7. The van der Waals surface area contributed by atoms with Crippen molar-refractivity contribution in [2.45, 2.75) is 47.6 Å². The van der Waals surface area contributed by atoms with Crippen LogP contribution in [0.2, 0.25) is 0 Å². The number of carbonyl (C=O) groups is 1. The Morgan fingerprint density at radius 2 is 1.44 bits per heavy atom. The summed E-state index contributed by atoms with van der Waals surface area (Å²) in [6.07, 6.45) is 3.73. The molecule has 0 amide bonds. The van der Waals surface area contributed by atoms with Crippen LogP contribution >= 0.6 is 7.92 Å². The van der Waals surface area contributed by atoms with Gasteiger partial charge in [0.15, 0.2) is 0 Å². The second-order valence-corrected chi connectivity index (χ2v) is 7.86. The number of carbonyl (C=O) groups excluding carboxylic acids is 1. The summed E-state index contributed by atoms with van der Waals surface area (Å²) in [5.41, 5.74) is 0. The Labute approximate surface area is 102 Å². The Kier molecular flexibility index (Phi) is 8.01. The third-order valence-corrected chi connectivity index (χ3v) is 5.65. The van der Waals surface area contributed by atoms with E-state index in [9.17, 15) is 4.79 Å². The van der Waals surface area contributed by atoms with Gasteiger partial charge in [-0.15, -0.1) is 7.92 Å². The Morgan fingerprint density at radius 3 is 1.75 bits per heavy atom. The zero-order valence-electron chi connectivity index (χ0n) is 11.6. The van der Waals surface area contributed by atoms with Crippen molar-refractivity contribution in [3.63, 3.8) is 0 Å². The normalized spacial score (nSPS) is 13.6. The van der Waals surface area contributed by atoms with Gasteiger partial charge in [-0.2, -0.15) is 0 Å². The zero-order valence-corrected chi connectivity index (χ0v) is 12.5. The Bertz CT molecular complexity index is 192. The average molecular weight is 246 g/mol. The van der Waals surface area contributed by atoms with Gasteiger partial charge in [-0.05, 0) is 31.1 Å². The Hall–Kier alpha value is -0.100.